The van der Waals surface area contributed by atoms with E-state index < -0.39 is 5.60 Å². The van der Waals surface area contributed by atoms with Gasteiger partial charge in [0.1, 0.15) is 5.60 Å². The van der Waals surface area contributed by atoms with Crippen molar-refractivity contribution in [3.05, 3.63) is 16.1 Å². The molecule has 2 bridgehead atoms. The van der Waals surface area contributed by atoms with Crippen molar-refractivity contribution in [2.24, 2.45) is 4.99 Å². The Morgan fingerprint density at radius 2 is 2.00 bits per heavy atom. The van der Waals surface area contributed by atoms with Crippen LogP contribution in [0.15, 0.2) is 11.2 Å². The number of piperidine rings is 1. The van der Waals surface area contributed by atoms with Crippen LogP contribution in [0.3, 0.4) is 0 Å². The van der Waals surface area contributed by atoms with Crippen LogP contribution in [0.4, 0.5) is 4.79 Å². The standard InChI is InChI=1S/C21H35N5O2S.HI/c1-6-17-13-24-18(29-17)9-10-23-19(22-5)25-14-11-15-7-8-16(12-14)26(15)20(27)28-21(2,3)4;/h13-16H,6-12H2,1-5H3,(H2,22,23,25);1H. The maximum Gasteiger partial charge on any atom is 0.410 e. The first-order valence-electron chi connectivity index (χ1n) is 10.7. The Kier molecular flexibility index (Phi) is 9.20. The average molecular weight is 550 g/mol. The molecule has 0 spiro atoms. The van der Waals surface area contributed by atoms with E-state index in [9.17, 15) is 4.79 Å². The summed E-state index contributed by atoms with van der Waals surface area (Å²) >= 11 is 1.78. The molecule has 170 valence electrons. The Morgan fingerprint density at radius 1 is 1.33 bits per heavy atom. The minimum atomic E-state index is -0.451. The Hall–Kier alpha value is -1.10. The molecule has 1 aromatic rings. The molecule has 9 heteroatoms. The van der Waals surface area contributed by atoms with Gasteiger partial charge in [-0.25, -0.2) is 9.78 Å². The molecular formula is C21H36IN5O2S. The van der Waals surface area contributed by atoms with Crippen molar-refractivity contribution < 1.29 is 9.53 Å². The van der Waals surface area contributed by atoms with Gasteiger partial charge in [-0.3, -0.25) is 4.99 Å². The molecule has 3 rings (SSSR count). The van der Waals surface area contributed by atoms with E-state index in [0.717, 1.165) is 56.0 Å². The van der Waals surface area contributed by atoms with Crippen LogP contribution in [-0.2, 0) is 17.6 Å². The van der Waals surface area contributed by atoms with Crippen LogP contribution in [-0.4, -0.2) is 59.3 Å². The minimum absolute atomic E-state index is 0. The fourth-order valence-electron chi connectivity index (χ4n) is 4.21. The predicted octanol–water partition coefficient (Wildman–Crippen LogP) is 3.96. The summed E-state index contributed by atoms with van der Waals surface area (Å²) in [5.74, 6) is 0.826. The van der Waals surface area contributed by atoms with Crippen LogP contribution in [0.25, 0.3) is 0 Å². The van der Waals surface area contributed by atoms with E-state index in [4.69, 9.17) is 4.74 Å². The van der Waals surface area contributed by atoms with Crippen molar-refractivity contribution in [1.82, 2.24) is 20.5 Å². The number of ether oxygens (including phenoxy) is 1. The highest BCUT2D eigenvalue weighted by Crippen LogP contribution is 2.36. The lowest BCUT2D eigenvalue weighted by Crippen LogP contribution is -2.55. The number of halogens is 1. The number of carbonyl (C=O) groups is 1. The van der Waals surface area contributed by atoms with E-state index in [1.807, 2.05) is 31.9 Å². The van der Waals surface area contributed by atoms with Gasteiger partial charge in [-0.15, -0.1) is 35.3 Å². The summed E-state index contributed by atoms with van der Waals surface area (Å²) in [6.45, 7) is 8.73. The number of thiazole rings is 1. The molecule has 2 unspecified atom stereocenters. The number of hydrogen-bond acceptors (Lipinski definition) is 5. The summed E-state index contributed by atoms with van der Waals surface area (Å²) in [5.41, 5.74) is -0.451. The molecule has 0 aromatic carbocycles. The lowest BCUT2D eigenvalue weighted by molar-refractivity contribution is 0.00545. The van der Waals surface area contributed by atoms with Crippen LogP contribution in [0, 0.1) is 0 Å². The van der Waals surface area contributed by atoms with E-state index in [1.54, 1.807) is 18.4 Å². The maximum absolute atomic E-state index is 12.6. The molecule has 2 fully saturated rings. The van der Waals surface area contributed by atoms with Crippen LogP contribution in [0.1, 0.15) is 63.3 Å². The van der Waals surface area contributed by atoms with Gasteiger partial charge < -0.3 is 20.3 Å². The monoisotopic (exact) mass is 549 g/mol. The SMILES string of the molecule is CCc1cnc(CCNC(=NC)NC2CC3CCC(C2)N3C(=O)OC(C)(C)C)s1.I. The van der Waals surface area contributed by atoms with Gasteiger partial charge in [-0.05, 0) is 52.9 Å². The second kappa shape index (κ2) is 11.0. The summed E-state index contributed by atoms with van der Waals surface area (Å²) in [6.07, 6.45) is 7.72. The van der Waals surface area contributed by atoms with Crippen LogP contribution in [0.2, 0.25) is 0 Å². The minimum Gasteiger partial charge on any atom is -0.444 e. The zero-order valence-corrected chi connectivity index (χ0v) is 21.9. The number of amides is 1. The van der Waals surface area contributed by atoms with E-state index in [1.165, 1.54) is 4.88 Å². The molecule has 0 aliphatic carbocycles. The summed E-state index contributed by atoms with van der Waals surface area (Å²) in [7, 11) is 1.80. The van der Waals surface area contributed by atoms with Gasteiger partial charge in [0.05, 0.1) is 5.01 Å². The number of aromatic nitrogens is 1. The number of aryl methyl sites for hydroxylation is 1. The molecule has 7 nitrogen and oxygen atoms in total. The lowest BCUT2D eigenvalue weighted by atomic mass is 9.98. The molecule has 0 saturated carbocycles. The third kappa shape index (κ3) is 6.70. The number of guanidine groups is 1. The van der Waals surface area contributed by atoms with Crippen molar-refractivity contribution in [3.8, 4) is 0 Å². The van der Waals surface area contributed by atoms with Crippen molar-refractivity contribution in [1.29, 1.82) is 0 Å². The summed E-state index contributed by atoms with van der Waals surface area (Å²) in [6, 6.07) is 0.827. The maximum atomic E-state index is 12.6. The number of rotatable bonds is 5. The molecule has 30 heavy (non-hydrogen) atoms. The summed E-state index contributed by atoms with van der Waals surface area (Å²) in [4.78, 5) is 24.8. The molecule has 3 heterocycles. The second-order valence-corrected chi connectivity index (χ2v) is 10.1. The van der Waals surface area contributed by atoms with Crippen molar-refractivity contribution >= 4 is 47.4 Å². The van der Waals surface area contributed by atoms with E-state index in [-0.39, 0.29) is 42.2 Å². The number of nitrogens with zero attached hydrogens (tertiary/aromatic N) is 3. The number of carbonyl (C=O) groups excluding carboxylic acids is 1. The fourth-order valence-corrected chi connectivity index (χ4v) is 5.07. The zero-order valence-electron chi connectivity index (χ0n) is 18.7. The van der Waals surface area contributed by atoms with Crippen LogP contribution in [0.5, 0.6) is 0 Å². The molecule has 1 amide bonds. The van der Waals surface area contributed by atoms with Crippen LogP contribution >= 0.6 is 35.3 Å². The number of hydrogen-bond donors (Lipinski definition) is 2. The molecule has 2 aliphatic rings. The highest BCUT2D eigenvalue weighted by atomic mass is 127. The van der Waals surface area contributed by atoms with Gasteiger partial charge in [-0.2, -0.15) is 0 Å². The fraction of sp³-hybridized carbons (Fsp3) is 0.762. The van der Waals surface area contributed by atoms with Gasteiger partial charge in [0.15, 0.2) is 5.96 Å². The Balaban J connectivity index is 0.00000320. The van der Waals surface area contributed by atoms with Crippen molar-refractivity contribution in [3.63, 3.8) is 0 Å². The quantitative estimate of drug-likeness (QED) is 0.330. The van der Waals surface area contributed by atoms with Gasteiger partial charge in [0.25, 0.3) is 0 Å². The second-order valence-electron chi connectivity index (χ2n) is 8.91. The first-order chi connectivity index (χ1) is 13.8. The zero-order chi connectivity index (χ0) is 21.0. The van der Waals surface area contributed by atoms with E-state index in [2.05, 4.69) is 27.5 Å². The Bertz CT molecular complexity index is 719. The molecular weight excluding hydrogens is 513 g/mol. The largest absolute Gasteiger partial charge is 0.444 e. The normalized spacial score (nSPS) is 23.7. The third-order valence-electron chi connectivity index (χ3n) is 5.48. The lowest BCUT2D eigenvalue weighted by Gasteiger charge is -2.40. The van der Waals surface area contributed by atoms with Gasteiger partial charge in [-0.1, -0.05) is 6.92 Å². The first kappa shape index (κ1) is 25.2. The van der Waals surface area contributed by atoms with Crippen molar-refractivity contribution in [2.75, 3.05) is 13.6 Å². The Labute approximate surface area is 201 Å². The van der Waals surface area contributed by atoms with Gasteiger partial charge in [0.2, 0.25) is 0 Å². The van der Waals surface area contributed by atoms with Crippen molar-refractivity contribution in [2.45, 2.75) is 89.9 Å². The highest BCUT2D eigenvalue weighted by Gasteiger charge is 2.45. The number of fused-ring (bicyclic) bond motifs is 2. The molecule has 2 N–H and O–H groups in total. The van der Waals surface area contributed by atoms with E-state index in [0.29, 0.717) is 6.04 Å². The first-order valence-corrected chi connectivity index (χ1v) is 11.5. The van der Waals surface area contributed by atoms with E-state index >= 15 is 0 Å². The summed E-state index contributed by atoms with van der Waals surface area (Å²) in [5, 5.41) is 8.13. The number of aliphatic imine (C=N–C) groups is 1. The molecule has 0 radical (unpaired) electrons. The molecule has 2 aliphatic heterocycles. The molecule has 1 aromatic heterocycles. The smallest absolute Gasteiger partial charge is 0.410 e. The Morgan fingerprint density at radius 3 is 2.53 bits per heavy atom. The number of nitrogens with one attached hydrogen (secondary N) is 2. The predicted molar refractivity (Wildman–Crippen MR) is 133 cm³/mol. The average Bonchev–Trinajstić information content (AvgIpc) is 3.21. The highest BCUT2D eigenvalue weighted by molar-refractivity contribution is 14.0. The van der Waals surface area contributed by atoms with Gasteiger partial charge in [0, 0.05) is 49.2 Å². The molecule has 2 saturated heterocycles. The van der Waals surface area contributed by atoms with Gasteiger partial charge >= 0.3 is 6.09 Å². The van der Waals surface area contributed by atoms with Crippen LogP contribution < -0.4 is 10.6 Å². The topological polar surface area (TPSA) is 78.9 Å². The summed E-state index contributed by atoms with van der Waals surface area (Å²) < 4.78 is 5.63. The third-order valence-corrected chi connectivity index (χ3v) is 6.68. The molecule has 2 atom stereocenters.